The Morgan fingerprint density at radius 1 is 0.969 bits per heavy atom. The fourth-order valence-corrected chi connectivity index (χ4v) is 3.59. The number of hydrogen-bond donors (Lipinski definition) is 1. The molecule has 2 aromatic rings. The Labute approximate surface area is 189 Å². The largest absolute Gasteiger partial charge is 0.461 e. The molecule has 0 aliphatic rings. The topological polar surface area (TPSA) is 108 Å². The summed E-state index contributed by atoms with van der Waals surface area (Å²) < 4.78 is 40.3. The third-order valence-corrected chi connectivity index (χ3v) is 5.19. The van der Waals surface area contributed by atoms with Gasteiger partial charge in [-0.1, -0.05) is 30.3 Å². The summed E-state index contributed by atoms with van der Waals surface area (Å²) in [6, 6.07) is 13.0. The molecule has 1 amide bonds. The number of rotatable bonds is 8. The minimum atomic E-state index is -3.96. The van der Waals surface area contributed by atoms with Crippen LogP contribution in [-0.4, -0.2) is 38.2 Å². The van der Waals surface area contributed by atoms with E-state index in [1.807, 2.05) is 0 Å². The van der Waals surface area contributed by atoms with Crippen molar-refractivity contribution in [2.45, 2.75) is 63.7 Å². The lowest BCUT2D eigenvalue weighted by Crippen LogP contribution is -2.46. The molecule has 0 bridgehead atoms. The van der Waals surface area contributed by atoms with Crippen LogP contribution in [0.2, 0.25) is 0 Å². The van der Waals surface area contributed by atoms with Crippen LogP contribution in [0.15, 0.2) is 59.5 Å². The van der Waals surface area contributed by atoms with Crippen molar-refractivity contribution in [3.63, 3.8) is 0 Å². The maximum Gasteiger partial charge on any atom is 0.408 e. The Kier molecular flexibility index (Phi) is 8.26. The van der Waals surface area contributed by atoms with Crippen molar-refractivity contribution in [1.82, 2.24) is 5.32 Å². The molecule has 0 aliphatic heterocycles. The van der Waals surface area contributed by atoms with Gasteiger partial charge in [0.15, 0.2) is 0 Å². The zero-order valence-electron chi connectivity index (χ0n) is 18.8. The first-order valence-corrected chi connectivity index (χ1v) is 11.5. The smallest absolute Gasteiger partial charge is 0.408 e. The third-order valence-electron chi connectivity index (χ3n) is 3.93. The fourth-order valence-electron chi connectivity index (χ4n) is 2.64. The zero-order valence-corrected chi connectivity index (χ0v) is 19.6. The number of carbonyl (C=O) groups is 2. The second-order valence-corrected chi connectivity index (χ2v) is 9.93. The highest BCUT2D eigenvalue weighted by molar-refractivity contribution is 7.87. The van der Waals surface area contributed by atoms with Crippen LogP contribution in [-0.2, 0) is 30.8 Å². The number of benzene rings is 2. The number of amides is 1. The standard InChI is InChI=1S/C23H29NO7S/c1-16(2)29-21(25)20(24-22(26)30-23(3,4)5)15-17-11-13-18(14-12-17)31-32(27,28)19-9-7-6-8-10-19/h6-14,16,20H,15H2,1-5H3,(H,24,26)/t20-/m0/s1. The van der Waals surface area contributed by atoms with Gasteiger partial charge in [0, 0.05) is 6.42 Å². The van der Waals surface area contributed by atoms with Crippen molar-refractivity contribution in [3.05, 3.63) is 60.2 Å². The summed E-state index contributed by atoms with van der Waals surface area (Å²) in [7, 11) is -3.96. The van der Waals surface area contributed by atoms with Crippen molar-refractivity contribution >= 4 is 22.2 Å². The molecule has 0 spiro atoms. The summed E-state index contributed by atoms with van der Waals surface area (Å²) in [5, 5.41) is 2.54. The average molecular weight is 464 g/mol. The van der Waals surface area contributed by atoms with E-state index in [0.29, 0.717) is 5.56 Å². The summed E-state index contributed by atoms with van der Waals surface area (Å²) in [5.74, 6) is -0.475. The van der Waals surface area contributed by atoms with Crippen LogP contribution >= 0.6 is 0 Å². The van der Waals surface area contributed by atoms with Crippen molar-refractivity contribution < 1.29 is 31.7 Å². The predicted octanol–water partition coefficient (Wildman–Crippen LogP) is 3.84. The normalized spacial score (nSPS) is 12.7. The Balaban J connectivity index is 2.12. The Bertz CT molecular complexity index is 1010. The SMILES string of the molecule is CC(C)OC(=O)[C@H](Cc1ccc(OS(=O)(=O)c2ccccc2)cc1)NC(=O)OC(C)(C)C. The van der Waals surface area contributed by atoms with E-state index in [9.17, 15) is 18.0 Å². The predicted molar refractivity (Wildman–Crippen MR) is 119 cm³/mol. The number of ether oxygens (including phenoxy) is 2. The van der Waals surface area contributed by atoms with E-state index >= 15 is 0 Å². The molecule has 174 valence electrons. The maximum absolute atomic E-state index is 12.5. The van der Waals surface area contributed by atoms with Gasteiger partial charge in [0.2, 0.25) is 0 Å². The maximum atomic E-state index is 12.5. The number of hydrogen-bond acceptors (Lipinski definition) is 7. The highest BCUT2D eigenvalue weighted by atomic mass is 32.2. The highest BCUT2D eigenvalue weighted by Gasteiger charge is 2.26. The second kappa shape index (κ2) is 10.5. The molecular weight excluding hydrogens is 434 g/mol. The van der Waals surface area contributed by atoms with Crippen LogP contribution in [0.5, 0.6) is 5.75 Å². The van der Waals surface area contributed by atoms with Crippen molar-refractivity contribution in [1.29, 1.82) is 0 Å². The van der Waals surface area contributed by atoms with Gasteiger partial charge in [0.05, 0.1) is 6.10 Å². The molecule has 0 saturated heterocycles. The van der Waals surface area contributed by atoms with Gasteiger partial charge >= 0.3 is 22.2 Å². The molecule has 0 aliphatic carbocycles. The van der Waals surface area contributed by atoms with E-state index in [2.05, 4.69) is 5.32 Å². The molecule has 0 heterocycles. The van der Waals surface area contributed by atoms with Crippen LogP contribution in [0, 0.1) is 0 Å². The van der Waals surface area contributed by atoms with Gasteiger partial charge in [-0.2, -0.15) is 8.42 Å². The summed E-state index contributed by atoms with van der Waals surface area (Å²) in [6.07, 6.45) is -0.974. The first-order valence-electron chi connectivity index (χ1n) is 10.1. The van der Waals surface area contributed by atoms with Crippen molar-refractivity contribution in [2.24, 2.45) is 0 Å². The molecule has 9 heteroatoms. The molecule has 0 radical (unpaired) electrons. The molecule has 0 aromatic heterocycles. The van der Waals surface area contributed by atoms with Gasteiger partial charge in [-0.3, -0.25) is 0 Å². The summed E-state index contributed by atoms with van der Waals surface area (Å²) in [4.78, 5) is 24.7. The number of nitrogens with one attached hydrogen (secondary N) is 1. The van der Waals surface area contributed by atoms with E-state index in [0.717, 1.165) is 0 Å². The van der Waals surface area contributed by atoms with Gasteiger partial charge in [-0.25, -0.2) is 9.59 Å². The second-order valence-electron chi connectivity index (χ2n) is 8.38. The Morgan fingerprint density at radius 3 is 2.09 bits per heavy atom. The van der Waals surface area contributed by atoms with Crippen molar-refractivity contribution in [3.8, 4) is 5.75 Å². The van der Waals surface area contributed by atoms with Gasteiger partial charge in [-0.15, -0.1) is 0 Å². The van der Waals surface area contributed by atoms with Crippen LogP contribution in [0.3, 0.4) is 0 Å². The zero-order chi connectivity index (χ0) is 23.9. The van der Waals surface area contributed by atoms with Crippen LogP contribution in [0.4, 0.5) is 4.79 Å². The quantitative estimate of drug-likeness (QED) is 0.468. The molecule has 8 nitrogen and oxygen atoms in total. The van der Waals surface area contributed by atoms with Crippen LogP contribution < -0.4 is 9.50 Å². The summed E-state index contributed by atoms with van der Waals surface area (Å²) >= 11 is 0. The van der Waals surface area contributed by atoms with E-state index in [1.165, 1.54) is 24.3 Å². The minimum Gasteiger partial charge on any atom is -0.461 e. The number of carbonyl (C=O) groups excluding carboxylic acids is 2. The number of alkyl carbamates (subject to hydrolysis) is 1. The molecule has 0 fully saturated rings. The summed E-state index contributed by atoms with van der Waals surface area (Å²) in [6.45, 7) is 8.58. The van der Waals surface area contributed by atoms with Crippen LogP contribution in [0.1, 0.15) is 40.2 Å². The Hall–Kier alpha value is -3.07. The van der Waals surface area contributed by atoms with E-state index in [-0.39, 0.29) is 23.2 Å². The summed E-state index contributed by atoms with van der Waals surface area (Å²) in [5.41, 5.74) is -0.0592. The monoisotopic (exact) mass is 463 g/mol. The minimum absolute atomic E-state index is 0.0436. The van der Waals surface area contributed by atoms with E-state index < -0.39 is 33.8 Å². The fraction of sp³-hybridized carbons (Fsp3) is 0.391. The molecule has 2 rings (SSSR count). The molecular formula is C23H29NO7S. The van der Waals surface area contributed by atoms with E-state index in [4.69, 9.17) is 13.7 Å². The average Bonchev–Trinajstić information content (AvgIpc) is 2.67. The van der Waals surface area contributed by atoms with Gasteiger partial charge < -0.3 is 19.0 Å². The highest BCUT2D eigenvalue weighted by Crippen LogP contribution is 2.20. The van der Waals surface area contributed by atoms with Gasteiger partial charge in [0.25, 0.3) is 0 Å². The molecule has 1 N–H and O–H groups in total. The lowest BCUT2D eigenvalue weighted by atomic mass is 10.1. The molecule has 32 heavy (non-hydrogen) atoms. The molecule has 0 saturated carbocycles. The Morgan fingerprint density at radius 2 is 1.56 bits per heavy atom. The van der Waals surface area contributed by atoms with Crippen LogP contribution in [0.25, 0.3) is 0 Å². The van der Waals surface area contributed by atoms with E-state index in [1.54, 1.807) is 65.0 Å². The molecule has 1 atom stereocenters. The van der Waals surface area contributed by atoms with Crippen molar-refractivity contribution in [2.75, 3.05) is 0 Å². The first kappa shape index (κ1) is 25.2. The lowest BCUT2D eigenvalue weighted by molar-refractivity contribution is -0.149. The molecule has 2 aromatic carbocycles. The molecule has 0 unspecified atom stereocenters. The van der Waals surface area contributed by atoms with Gasteiger partial charge in [0.1, 0.15) is 22.3 Å². The number of esters is 1. The third kappa shape index (κ3) is 8.22. The van der Waals surface area contributed by atoms with Gasteiger partial charge in [-0.05, 0) is 64.4 Å². The first-order chi connectivity index (χ1) is 14.9. The lowest BCUT2D eigenvalue weighted by Gasteiger charge is -2.23.